The third-order valence-electron chi connectivity index (χ3n) is 2.25. The molecule has 0 aliphatic heterocycles. The van der Waals surface area contributed by atoms with Gasteiger partial charge in [0.2, 0.25) is 0 Å². The maximum atomic E-state index is 10.5. The Bertz CT molecular complexity index is 277. The Labute approximate surface area is 101 Å². The number of rotatable bonds is 9. The predicted molar refractivity (Wildman–Crippen MR) is 65.8 cm³/mol. The van der Waals surface area contributed by atoms with Crippen LogP contribution in [0.15, 0.2) is 5.10 Å². The fraction of sp³-hybridized carbons (Fsp3) is 0.727. The molecule has 6 nitrogen and oxygen atoms in total. The van der Waals surface area contributed by atoms with Gasteiger partial charge in [0.05, 0.1) is 0 Å². The molecule has 0 fully saturated rings. The highest BCUT2D eigenvalue weighted by molar-refractivity contribution is 5.86. The van der Waals surface area contributed by atoms with Gasteiger partial charge < -0.3 is 10.8 Å². The number of nitrogens with two attached hydrogens (primary N) is 1. The number of nitrogens with one attached hydrogen (secondary N) is 1. The predicted octanol–water partition coefficient (Wildman–Crippen LogP) is 1.85. The Balaban J connectivity index is 4.05. The Morgan fingerprint density at radius 1 is 1.18 bits per heavy atom. The van der Waals surface area contributed by atoms with Crippen molar-refractivity contribution in [3.05, 3.63) is 0 Å². The van der Waals surface area contributed by atoms with E-state index in [1.807, 2.05) is 0 Å². The van der Waals surface area contributed by atoms with Crippen LogP contribution < -0.4 is 11.2 Å². The Hall–Kier alpha value is -1.59. The summed E-state index contributed by atoms with van der Waals surface area (Å²) in [5.41, 5.74) is 7.92. The zero-order chi connectivity index (χ0) is 13.1. The van der Waals surface area contributed by atoms with E-state index in [-0.39, 0.29) is 6.42 Å². The van der Waals surface area contributed by atoms with E-state index in [1.54, 1.807) is 0 Å². The van der Waals surface area contributed by atoms with Crippen LogP contribution in [-0.2, 0) is 4.79 Å². The first-order chi connectivity index (χ1) is 8.06. The van der Waals surface area contributed by atoms with Crippen molar-refractivity contribution in [3.8, 4) is 0 Å². The number of unbranched alkanes of at least 4 members (excludes halogenated alkanes) is 2. The molecule has 0 rings (SSSR count). The summed E-state index contributed by atoms with van der Waals surface area (Å²) in [5, 5.41) is 12.4. The number of aliphatic carboxylic acids is 1. The van der Waals surface area contributed by atoms with Crippen LogP contribution in [0.4, 0.5) is 4.79 Å². The number of urea groups is 1. The lowest BCUT2D eigenvalue weighted by molar-refractivity contribution is -0.137. The van der Waals surface area contributed by atoms with E-state index in [9.17, 15) is 9.59 Å². The van der Waals surface area contributed by atoms with Crippen molar-refractivity contribution in [2.24, 2.45) is 10.8 Å². The third kappa shape index (κ3) is 10.7. The van der Waals surface area contributed by atoms with Crippen molar-refractivity contribution >= 4 is 17.7 Å². The highest BCUT2D eigenvalue weighted by Gasteiger charge is 2.03. The van der Waals surface area contributed by atoms with Gasteiger partial charge in [0.25, 0.3) is 0 Å². The van der Waals surface area contributed by atoms with Crippen LogP contribution in [0.2, 0.25) is 0 Å². The van der Waals surface area contributed by atoms with Crippen molar-refractivity contribution in [2.75, 3.05) is 0 Å². The van der Waals surface area contributed by atoms with Gasteiger partial charge in [-0.25, -0.2) is 10.2 Å². The average molecular weight is 243 g/mol. The number of hydrogen-bond donors (Lipinski definition) is 3. The molecule has 0 aromatic heterocycles. The number of carbonyl (C=O) groups excluding carboxylic acids is 1. The first kappa shape index (κ1) is 15.4. The maximum absolute atomic E-state index is 10.5. The molecule has 0 aliphatic rings. The Morgan fingerprint density at radius 3 is 2.35 bits per heavy atom. The normalized spacial score (nSPS) is 11.2. The lowest BCUT2D eigenvalue weighted by Crippen LogP contribution is -2.25. The highest BCUT2D eigenvalue weighted by Crippen LogP contribution is 2.06. The molecule has 0 aromatic rings. The standard InChI is InChI=1S/C11H21N3O3/c1-2-3-4-6-9(13-14-11(12)17)7-5-8-10(15)16/h2-8H2,1H3,(H,15,16)(H3,12,14,17)/b13-9+. The number of carboxylic acid groups (broad SMARTS) is 1. The second-order valence-corrected chi connectivity index (χ2v) is 3.86. The van der Waals surface area contributed by atoms with Crippen molar-refractivity contribution < 1.29 is 14.7 Å². The topological polar surface area (TPSA) is 105 Å². The van der Waals surface area contributed by atoms with E-state index in [1.165, 1.54) is 0 Å². The second-order valence-electron chi connectivity index (χ2n) is 3.86. The summed E-state index contributed by atoms with van der Waals surface area (Å²) in [7, 11) is 0. The summed E-state index contributed by atoms with van der Waals surface area (Å²) in [4.78, 5) is 20.9. The molecule has 0 unspecified atom stereocenters. The summed E-state index contributed by atoms with van der Waals surface area (Å²) < 4.78 is 0. The summed E-state index contributed by atoms with van der Waals surface area (Å²) >= 11 is 0. The van der Waals surface area contributed by atoms with Gasteiger partial charge in [0, 0.05) is 12.1 Å². The van der Waals surface area contributed by atoms with E-state index in [2.05, 4.69) is 17.5 Å². The number of nitrogens with zero attached hydrogens (tertiary/aromatic N) is 1. The van der Waals surface area contributed by atoms with E-state index in [4.69, 9.17) is 10.8 Å². The van der Waals surface area contributed by atoms with Crippen LogP contribution in [0.3, 0.4) is 0 Å². The minimum absolute atomic E-state index is 0.114. The Kier molecular flexibility index (Phi) is 8.72. The van der Waals surface area contributed by atoms with Crippen LogP contribution >= 0.6 is 0 Å². The highest BCUT2D eigenvalue weighted by atomic mass is 16.4. The summed E-state index contributed by atoms with van der Waals surface area (Å²) in [6.45, 7) is 2.10. The summed E-state index contributed by atoms with van der Waals surface area (Å²) in [6.07, 6.45) is 5.18. The zero-order valence-electron chi connectivity index (χ0n) is 10.2. The van der Waals surface area contributed by atoms with Crippen LogP contribution in [-0.4, -0.2) is 22.8 Å². The van der Waals surface area contributed by atoms with Gasteiger partial charge in [0.15, 0.2) is 0 Å². The minimum Gasteiger partial charge on any atom is -0.481 e. The average Bonchev–Trinajstić information content (AvgIpc) is 2.24. The van der Waals surface area contributed by atoms with Crippen LogP contribution in [0.1, 0.15) is 51.9 Å². The van der Waals surface area contributed by atoms with E-state index < -0.39 is 12.0 Å². The van der Waals surface area contributed by atoms with Crippen molar-refractivity contribution in [2.45, 2.75) is 51.9 Å². The van der Waals surface area contributed by atoms with Gasteiger partial charge in [-0.2, -0.15) is 5.10 Å². The first-order valence-corrected chi connectivity index (χ1v) is 5.89. The molecule has 0 heterocycles. The molecule has 0 radical (unpaired) electrons. The quantitative estimate of drug-likeness (QED) is 0.327. The van der Waals surface area contributed by atoms with Gasteiger partial charge >= 0.3 is 12.0 Å². The lowest BCUT2D eigenvalue weighted by atomic mass is 10.1. The number of carbonyl (C=O) groups is 2. The van der Waals surface area contributed by atoms with Gasteiger partial charge in [-0.3, -0.25) is 4.79 Å². The maximum Gasteiger partial charge on any atom is 0.332 e. The Morgan fingerprint density at radius 2 is 1.82 bits per heavy atom. The monoisotopic (exact) mass is 243 g/mol. The summed E-state index contributed by atoms with van der Waals surface area (Å²) in [6, 6.07) is -0.698. The molecule has 2 amide bonds. The van der Waals surface area contributed by atoms with Crippen LogP contribution in [0, 0.1) is 0 Å². The molecule has 6 heteroatoms. The molecule has 0 aliphatic carbocycles. The number of amides is 2. The molecule has 17 heavy (non-hydrogen) atoms. The number of primary amides is 1. The fourth-order valence-corrected chi connectivity index (χ4v) is 1.39. The number of carboxylic acids is 1. The van der Waals surface area contributed by atoms with Crippen molar-refractivity contribution in [3.63, 3.8) is 0 Å². The van der Waals surface area contributed by atoms with Crippen molar-refractivity contribution in [1.82, 2.24) is 5.43 Å². The lowest BCUT2D eigenvalue weighted by Gasteiger charge is -2.05. The van der Waals surface area contributed by atoms with Gasteiger partial charge in [0.1, 0.15) is 0 Å². The summed E-state index contributed by atoms with van der Waals surface area (Å²) in [5.74, 6) is -0.819. The first-order valence-electron chi connectivity index (χ1n) is 5.89. The van der Waals surface area contributed by atoms with Crippen molar-refractivity contribution in [1.29, 1.82) is 0 Å². The van der Waals surface area contributed by atoms with Gasteiger partial charge in [-0.05, 0) is 25.7 Å². The van der Waals surface area contributed by atoms with E-state index in [0.717, 1.165) is 31.4 Å². The largest absolute Gasteiger partial charge is 0.481 e. The van der Waals surface area contributed by atoms with Gasteiger partial charge in [-0.1, -0.05) is 19.8 Å². The minimum atomic E-state index is -0.819. The van der Waals surface area contributed by atoms with Crippen LogP contribution in [0.5, 0.6) is 0 Å². The molecular formula is C11H21N3O3. The SMILES string of the molecule is CCCCC/C(CCCC(=O)O)=N\NC(N)=O. The fourth-order valence-electron chi connectivity index (χ4n) is 1.39. The number of hydrazone groups is 1. The molecule has 98 valence electrons. The molecule has 0 aromatic carbocycles. The molecule has 0 bridgehead atoms. The molecule has 0 spiro atoms. The zero-order valence-corrected chi connectivity index (χ0v) is 10.2. The molecule has 0 saturated heterocycles. The molecule has 4 N–H and O–H groups in total. The molecule has 0 atom stereocenters. The molecule has 0 saturated carbocycles. The smallest absolute Gasteiger partial charge is 0.332 e. The molecular weight excluding hydrogens is 222 g/mol. The number of hydrogen-bond acceptors (Lipinski definition) is 3. The second kappa shape index (κ2) is 9.62. The van der Waals surface area contributed by atoms with Gasteiger partial charge in [-0.15, -0.1) is 0 Å². The van der Waals surface area contributed by atoms with Crippen LogP contribution in [0.25, 0.3) is 0 Å². The third-order valence-corrected chi connectivity index (χ3v) is 2.25. The van der Waals surface area contributed by atoms with E-state index >= 15 is 0 Å². The van der Waals surface area contributed by atoms with E-state index in [0.29, 0.717) is 12.8 Å².